The van der Waals surface area contributed by atoms with Gasteiger partial charge >= 0.3 is 0 Å². The summed E-state index contributed by atoms with van der Waals surface area (Å²) in [6.45, 7) is 6.54. The number of nitrogens with one attached hydrogen (secondary N) is 1. The SMILES string of the molecule is Cc1cc(C(=O)N(CC[NH+]2CCCC2)Cc2nc3ccccc3n2C)n(C)n1. The van der Waals surface area contributed by atoms with E-state index in [1.54, 1.807) is 9.58 Å². The van der Waals surface area contributed by atoms with E-state index >= 15 is 0 Å². The minimum absolute atomic E-state index is 0.0220. The van der Waals surface area contributed by atoms with Crippen LogP contribution in [0.2, 0.25) is 0 Å². The van der Waals surface area contributed by atoms with Crippen molar-refractivity contribution in [3.63, 3.8) is 0 Å². The van der Waals surface area contributed by atoms with Crippen molar-refractivity contribution in [2.45, 2.75) is 26.3 Å². The number of fused-ring (bicyclic) bond motifs is 1. The van der Waals surface area contributed by atoms with Crippen LogP contribution in [0.1, 0.15) is 34.8 Å². The van der Waals surface area contributed by atoms with Crippen LogP contribution in [0.4, 0.5) is 0 Å². The van der Waals surface area contributed by atoms with Gasteiger partial charge in [0.15, 0.2) is 0 Å². The van der Waals surface area contributed by atoms with Crippen molar-refractivity contribution in [2.75, 3.05) is 26.2 Å². The molecule has 1 fully saturated rings. The number of amides is 1. The number of benzene rings is 1. The first-order valence-electron chi connectivity index (χ1n) is 10.1. The molecule has 3 heterocycles. The fourth-order valence-corrected chi connectivity index (χ4v) is 4.15. The Morgan fingerprint density at radius 1 is 1.21 bits per heavy atom. The number of para-hydroxylation sites is 2. The lowest BCUT2D eigenvalue weighted by atomic mass is 10.3. The molecule has 0 saturated carbocycles. The molecule has 1 amide bonds. The van der Waals surface area contributed by atoms with Crippen molar-refractivity contribution >= 4 is 16.9 Å². The van der Waals surface area contributed by atoms with Gasteiger partial charge in [-0.05, 0) is 25.1 Å². The molecule has 0 bridgehead atoms. The molecule has 7 nitrogen and oxygen atoms in total. The van der Waals surface area contributed by atoms with Gasteiger partial charge in [0.25, 0.3) is 5.91 Å². The Balaban J connectivity index is 1.60. The van der Waals surface area contributed by atoms with Gasteiger partial charge in [0, 0.05) is 26.9 Å². The van der Waals surface area contributed by atoms with Crippen molar-refractivity contribution in [3.05, 3.63) is 47.5 Å². The topological polar surface area (TPSA) is 60.4 Å². The Labute approximate surface area is 165 Å². The molecule has 148 valence electrons. The maximum Gasteiger partial charge on any atom is 0.272 e. The zero-order chi connectivity index (χ0) is 19.7. The minimum Gasteiger partial charge on any atom is -0.333 e. The highest BCUT2D eigenvalue weighted by atomic mass is 16.2. The lowest BCUT2D eigenvalue weighted by Gasteiger charge is -2.24. The van der Waals surface area contributed by atoms with Gasteiger partial charge in [-0.15, -0.1) is 0 Å². The highest BCUT2D eigenvalue weighted by Crippen LogP contribution is 2.17. The largest absolute Gasteiger partial charge is 0.333 e. The van der Waals surface area contributed by atoms with Gasteiger partial charge in [0.05, 0.1) is 49.5 Å². The Morgan fingerprint density at radius 3 is 2.64 bits per heavy atom. The van der Waals surface area contributed by atoms with Gasteiger partial charge in [0.1, 0.15) is 11.5 Å². The van der Waals surface area contributed by atoms with Crippen LogP contribution >= 0.6 is 0 Å². The second-order valence-electron chi connectivity index (χ2n) is 7.80. The number of nitrogens with zero attached hydrogens (tertiary/aromatic N) is 5. The summed E-state index contributed by atoms with van der Waals surface area (Å²) in [6, 6.07) is 9.97. The van der Waals surface area contributed by atoms with E-state index in [4.69, 9.17) is 4.98 Å². The van der Waals surface area contributed by atoms with Gasteiger partial charge in [-0.3, -0.25) is 9.48 Å². The Kier molecular flexibility index (Phi) is 5.17. The number of imidazole rings is 1. The lowest BCUT2D eigenvalue weighted by Crippen LogP contribution is -3.10. The molecule has 1 aliphatic heterocycles. The summed E-state index contributed by atoms with van der Waals surface area (Å²) in [5.74, 6) is 0.929. The van der Waals surface area contributed by atoms with Gasteiger partial charge in [-0.2, -0.15) is 5.10 Å². The van der Waals surface area contributed by atoms with E-state index in [2.05, 4.69) is 15.7 Å². The second-order valence-corrected chi connectivity index (χ2v) is 7.80. The zero-order valence-corrected chi connectivity index (χ0v) is 17.0. The number of rotatable bonds is 6. The van der Waals surface area contributed by atoms with Crippen LogP contribution in [0.15, 0.2) is 30.3 Å². The van der Waals surface area contributed by atoms with E-state index < -0.39 is 0 Å². The predicted molar refractivity (Wildman–Crippen MR) is 108 cm³/mol. The van der Waals surface area contributed by atoms with Crippen LogP contribution in [0, 0.1) is 6.92 Å². The third-order valence-electron chi connectivity index (χ3n) is 5.77. The average Bonchev–Trinajstić information content (AvgIpc) is 3.39. The van der Waals surface area contributed by atoms with Crippen LogP contribution in [0.5, 0.6) is 0 Å². The normalized spacial score (nSPS) is 14.8. The highest BCUT2D eigenvalue weighted by molar-refractivity contribution is 5.92. The number of hydrogen-bond acceptors (Lipinski definition) is 3. The first kappa shape index (κ1) is 18.7. The summed E-state index contributed by atoms with van der Waals surface area (Å²) in [5, 5.41) is 4.35. The first-order valence-corrected chi connectivity index (χ1v) is 10.1. The van der Waals surface area contributed by atoms with Gasteiger partial charge in [-0.25, -0.2) is 4.98 Å². The molecule has 28 heavy (non-hydrogen) atoms. The summed E-state index contributed by atoms with van der Waals surface area (Å²) in [7, 11) is 3.85. The monoisotopic (exact) mass is 381 g/mol. The van der Waals surface area contributed by atoms with Gasteiger partial charge in [-0.1, -0.05) is 12.1 Å². The Morgan fingerprint density at radius 2 is 1.96 bits per heavy atom. The molecule has 0 spiro atoms. The molecule has 0 aliphatic carbocycles. The van der Waals surface area contributed by atoms with Crippen LogP contribution in [-0.4, -0.2) is 56.3 Å². The van der Waals surface area contributed by atoms with E-state index in [1.165, 1.54) is 25.9 Å². The molecule has 1 saturated heterocycles. The number of likely N-dealkylation sites (tertiary alicyclic amines) is 1. The van der Waals surface area contributed by atoms with Crippen LogP contribution in [-0.2, 0) is 20.6 Å². The average molecular weight is 382 g/mol. The fraction of sp³-hybridized carbons (Fsp3) is 0.476. The van der Waals surface area contributed by atoms with Crippen LogP contribution in [0.3, 0.4) is 0 Å². The third kappa shape index (κ3) is 3.67. The second kappa shape index (κ2) is 7.75. The molecule has 1 aliphatic rings. The van der Waals surface area contributed by atoms with E-state index in [9.17, 15) is 4.79 Å². The van der Waals surface area contributed by atoms with Gasteiger partial charge in [0.2, 0.25) is 0 Å². The van der Waals surface area contributed by atoms with Crippen LogP contribution < -0.4 is 4.90 Å². The molecular weight excluding hydrogens is 352 g/mol. The van der Waals surface area contributed by atoms with E-state index in [0.29, 0.717) is 12.2 Å². The Bertz CT molecular complexity index is 982. The third-order valence-corrected chi connectivity index (χ3v) is 5.77. The molecule has 1 N–H and O–H groups in total. The molecule has 0 radical (unpaired) electrons. The summed E-state index contributed by atoms with van der Waals surface area (Å²) in [4.78, 5) is 21.6. The number of aromatic nitrogens is 4. The molecular formula is C21H29N6O+. The van der Waals surface area contributed by atoms with Crippen molar-refractivity contribution in [1.29, 1.82) is 0 Å². The molecule has 0 atom stereocenters. The Hall–Kier alpha value is -2.67. The number of carbonyl (C=O) groups excluding carboxylic acids is 1. The number of carbonyl (C=O) groups is 1. The van der Waals surface area contributed by atoms with Crippen molar-refractivity contribution in [2.24, 2.45) is 14.1 Å². The highest BCUT2D eigenvalue weighted by Gasteiger charge is 2.24. The molecule has 1 aromatic carbocycles. The molecule has 4 rings (SSSR count). The zero-order valence-electron chi connectivity index (χ0n) is 17.0. The van der Waals surface area contributed by atoms with Crippen molar-refractivity contribution < 1.29 is 9.69 Å². The number of hydrogen-bond donors (Lipinski definition) is 1. The van der Waals surface area contributed by atoms with Crippen molar-refractivity contribution in [3.8, 4) is 0 Å². The lowest BCUT2D eigenvalue weighted by molar-refractivity contribution is -0.886. The molecule has 7 heteroatoms. The van der Waals surface area contributed by atoms with E-state index in [-0.39, 0.29) is 5.91 Å². The summed E-state index contributed by atoms with van der Waals surface area (Å²) in [6.07, 6.45) is 2.57. The smallest absolute Gasteiger partial charge is 0.272 e. The molecule has 3 aromatic rings. The number of aryl methyl sites for hydroxylation is 3. The van der Waals surface area contributed by atoms with E-state index in [0.717, 1.165) is 35.6 Å². The molecule has 2 aromatic heterocycles. The van der Waals surface area contributed by atoms with Gasteiger partial charge < -0.3 is 14.4 Å². The van der Waals surface area contributed by atoms with Crippen LogP contribution in [0.25, 0.3) is 11.0 Å². The minimum atomic E-state index is 0.0220. The standard InChI is InChI=1S/C21H28N6O/c1-16-14-19(25(3)23-16)21(28)27(13-12-26-10-6-7-11-26)15-20-22-17-8-4-5-9-18(17)24(20)2/h4-5,8-9,14H,6-7,10-13,15H2,1-3H3/p+1. The number of quaternary nitrogens is 1. The summed E-state index contributed by atoms with van der Waals surface area (Å²) < 4.78 is 3.77. The maximum absolute atomic E-state index is 13.3. The first-order chi connectivity index (χ1) is 13.5. The predicted octanol–water partition coefficient (Wildman–Crippen LogP) is 0.936. The fourth-order valence-electron chi connectivity index (χ4n) is 4.15. The molecule has 0 unspecified atom stereocenters. The summed E-state index contributed by atoms with van der Waals surface area (Å²) >= 11 is 0. The van der Waals surface area contributed by atoms with Crippen molar-refractivity contribution in [1.82, 2.24) is 24.2 Å². The van der Waals surface area contributed by atoms with E-state index in [1.807, 2.05) is 50.2 Å². The summed E-state index contributed by atoms with van der Waals surface area (Å²) in [5.41, 5.74) is 3.55. The maximum atomic E-state index is 13.3. The quantitative estimate of drug-likeness (QED) is 0.691.